The van der Waals surface area contributed by atoms with Crippen LogP contribution in [0.2, 0.25) is 5.02 Å². The molecule has 2 rings (SSSR count). The molecule has 0 aliphatic carbocycles. The molecule has 1 amide bonds. The number of pyridine rings is 1. The molecule has 0 fully saturated rings. The molecule has 0 aliphatic heterocycles. The summed E-state index contributed by atoms with van der Waals surface area (Å²) in [6.07, 6.45) is 1.38. The molecule has 0 aromatic carbocycles. The number of nitrogens with zero attached hydrogens (tertiary/aromatic N) is 1. The molecule has 6 heteroatoms. The first kappa shape index (κ1) is 8.96. The fourth-order valence-corrected chi connectivity index (χ4v) is 1.34. The molecular formula is C8H4ClFN3O. The third-order valence-electron chi connectivity index (χ3n) is 1.74. The first-order chi connectivity index (χ1) is 6.61. The van der Waals surface area contributed by atoms with Gasteiger partial charge in [0.2, 0.25) is 0 Å². The average Bonchev–Trinajstić information content (AvgIpc) is 2.58. The molecule has 0 bridgehead atoms. The molecule has 0 aliphatic rings. The van der Waals surface area contributed by atoms with Gasteiger partial charge in [-0.25, -0.2) is 9.37 Å². The molecule has 0 saturated carbocycles. The highest BCUT2D eigenvalue weighted by atomic mass is 35.5. The first-order valence-electron chi connectivity index (χ1n) is 3.65. The summed E-state index contributed by atoms with van der Waals surface area (Å²) in [6, 6.07) is 2.57. The van der Waals surface area contributed by atoms with Crippen LogP contribution in [-0.2, 0) is 0 Å². The fourth-order valence-electron chi connectivity index (χ4n) is 1.11. The van der Waals surface area contributed by atoms with Gasteiger partial charge in [0.15, 0.2) is 11.5 Å². The lowest BCUT2D eigenvalue weighted by atomic mass is 10.2. The second-order valence-electron chi connectivity index (χ2n) is 2.61. The zero-order valence-electron chi connectivity index (χ0n) is 6.77. The van der Waals surface area contributed by atoms with Crippen molar-refractivity contribution in [3.05, 3.63) is 28.8 Å². The zero-order chi connectivity index (χ0) is 10.3. The number of fused-ring (bicyclic) bond motifs is 1. The number of carbonyl (C=O) groups excluding carboxylic acids is 1. The van der Waals surface area contributed by atoms with Gasteiger partial charge in [0.05, 0.1) is 5.39 Å². The van der Waals surface area contributed by atoms with Gasteiger partial charge in [-0.1, -0.05) is 11.6 Å². The van der Waals surface area contributed by atoms with E-state index >= 15 is 0 Å². The number of amides is 1. The number of hydrogen-bond acceptors (Lipinski definition) is 2. The Bertz CT molecular complexity index is 523. The van der Waals surface area contributed by atoms with Crippen molar-refractivity contribution < 1.29 is 9.18 Å². The predicted octanol–water partition coefficient (Wildman–Crippen LogP) is 1.25. The molecule has 2 aromatic rings. The molecule has 71 valence electrons. The predicted molar refractivity (Wildman–Crippen MR) is 48.4 cm³/mol. The van der Waals surface area contributed by atoms with Crippen LogP contribution in [0.4, 0.5) is 4.39 Å². The van der Waals surface area contributed by atoms with Crippen LogP contribution in [0.25, 0.3) is 11.0 Å². The number of halogens is 2. The van der Waals surface area contributed by atoms with E-state index in [1.807, 2.05) is 0 Å². The summed E-state index contributed by atoms with van der Waals surface area (Å²) >= 11 is 5.55. The van der Waals surface area contributed by atoms with Crippen LogP contribution < -0.4 is 5.73 Å². The highest BCUT2D eigenvalue weighted by molar-refractivity contribution is 6.34. The lowest BCUT2D eigenvalue weighted by Crippen LogP contribution is -2.14. The van der Waals surface area contributed by atoms with Crippen molar-refractivity contribution in [2.75, 3.05) is 0 Å². The minimum Gasteiger partial charge on any atom is -0.364 e. The van der Waals surface area contributed by atoms with Crippen molar-refractivity contribution in [2.45, 2.75) is 0 Å². The van der Waals surface area contributed by atoms with E-state index in [9.17, 15) is 9.18 Å². The van der Waals surface area contributed by atoms with Crippen molar-refractivity contribution in [3.63, 3.8) is 0 Å². The van der Waals surface area contributed by atoms with E-state index in [2.05, 4.69) is 16.0 Å². The van der Waals surface area contributed by atoms with Gasteiger partial charge in [0, 0.05) is 12.3 Å². The van der Waals surface area contributed by atoms with Crippen LogP contribution in [0.15, 0.2) is 6.20 Å². The maximum atomic E-state index is 13.4. The minimum atomic E-state index is -0.870. The van der Waals surface area contributed by atoms with Gasteiger partial charge < -0.3 is 10.7 Å². The quantitative estimate of drug-likeness (QED) is 0.747. The molecule has 0 unspecified atom stereocenters. The van der Waals surface area contributed by atoms with Gasteiger partial charge in [-0.15, -0.1) is 0 Å². The molecule has 14 heavy (non-hydrogen) atoms. The Hall–Kier alpha value is -1.62. The Balaban J connectivity index is 2.87. The smallest absolute Gasteiger partial charge is 0.269 e. The number of nitrogens with two attached hydrogens (primary N) is 1. The maximum Gasteiger partial charge on any atom is 0.269 e. The molecule has 3 N–H and O–H groups in total. The van der Waals surface area contributed by atoms with Crippen LogP contribution in [0.3, 0.4) is 0 Å². The number of carbonyl (C=O) groups is 1. The average molecular weight is 213 g/mol. The van der Waals surface area contributed by atoms with Gasteiger partial charge in [-0.05, 0) is 0 Å². The largest absolute Gasteiger partial charge is 0.364 e. The normalized spacial score (nSPS) is 10.7. The first-order valence-corrected chi connectivity index (χ1v) is 4.02. The fraction of sp³-hybridized carbons (Fsp3) is 0. The Morgan fingerprint density at radius 2 is 2.43 bits per heavy atom. The van der Waals surface area contributed by atoms with E-state index in [1.165, 1.54) is 6.20 Å². The van der Waals surface area contributed by atoms with E-state index in [1.54, 1.807) is 0 Å². The van der Waals surface area contributed by atoms with E-state index < -0.39 is 11.7 Å². The Morgan fingerprint density at radius 3 is 3.07 bits per heavy atom. The second kappa shape index (κ2) is 2.95. The Morgan fingerprint density at radius 1 is 1.71 bits per heavy atom. The number of primary amides is 1. The maximum absolute atomic E-state index is 13.4. The summed E-state index contributed by atoms with van der Waals surface area (Å²) in [5.74, 6) is -1.61. The molecule has 1 radical (unpaired) electrons. The highest BCUT2D eigenvalue weighted by Crippen LogP contribution is 2.24. The van der Waals surface area contributed by atoms with Gasteiger partial charge in [-0.3, -0.25) is 4.79 Å². The van der Waals surface area contributed by atoms with Gasteiger partial charge in [0.25, 0.3) is 5.91 Å². The summed E-state index contributed by atoms with van der Waals surface area (Å²) in [5.41, 5.74) is 4.88. The van der Waals surface area contributed by atoms with Crippen molar-refractivity contribution in [3.8, 4) is 0 Å². The standard InChI is InChI=1S/C8H4ClFN3O/c9-4-5(10)3-1-2-12-8(3)13-6(4)7(11)14/h2H,(H2,11,14)(H,12,13). The highest BCUT2D eigenvalue weighted by Gasteiger charge is 2.17. The van der Waals surface area contributed by atoms with Gasteiger partial charge in [-0.2, -0.15) is 0 Å². The monoisotopic (exact) mass is 212 g/mol. The van der Waals surface area contributed by atoms with Crippen LogP contribution in [0.5, 0.6) is 0 Å². The molecule has 4 nitrogen and oxygen atoms in total. The molecular weight excluding hydrogens is 209 g/mol. The third-order valence-corrected chi connectivity index (χ3v) is 2.08. The van der Waals surface area contributed by atoms with E-state index in [0.717, 1.165) is 0 Å². The number of H-pyrrole nitrogens is 1. The summed E-state index contributed by atoms with van der Waals surface area (Å²) in [7, 11) is 0. The van der Waals surface area contributed by atoms with Crippen molar-refractivity contribution in [2.24, 2.45) is 5.73 Å². The topological polar surface area (TPSA) is 71.8 Å². The van der Waals surface area contributed by atoms with Crippen LogP contribution in [0.1, 0.15) is 10.5 Å². The molecule has 2 aromatic heterocycles. The minimum absolute atomic E-state index is 0.111. The molecule has 0 atom stereocenters. The van der Waals surface area contributed by atoms with Gasteiger partial charge in [0.1, 0.15) is 10.7 Å². The van der Waals surface area contributed by atoms with Crippen molar-refractivity contribution >= 4 is 28.5 Å². The van der Waals surface area contributed by atoms with Crippen molar-refractivity contribution in [1.82, 2.24) is 9.97 Å². The number of aromatic nitrogens is 2. The summed E-state index contributed by atoms with van der Waals surface area (Å²) < 4.78 is 13.4. The molecule has 0 spiro atoms. The number of hydrogen-bond donors (Lipinski definition) is 2. The lowest BCUT2D eigenvalue weighted by Gasteiger charge is -2.00. The lowest BCUT2D eigenvalue weighted by molar-refractivity contribution is 0.0995. The second-order valence-corrected chi connectivity index (χ2v) is 2.99. The van der Waals surface area contributed by atoms with Crippen LogP contribution >= 0.6 is 11.6 Å². The summed E-state index contributed by atoms with van der Waals surface area (Å²) in [6.45, 7) is 0. The van der Waals surface area contributed by atoms with Crippen molar-refractivity contribution in [1.29, 1.82) is 0 Å². The zero-order valence-corrected chi connectivity index (χ0v) is 7.52. The van der Waals surface area contributed by atoms with E-state index in [4.69, 9.17) is 17.3 Å². The van der Waals surface area contributed by atoms with E-state index in [-0.39, 0.29) is 21.7 Å². The molecule has 2 heterocycles. The molecule has 0 saturated heterocycles. The summed E-state index contributed by atoms with van der Waals surface area (Å²) in [5, 5.41) is -0.263. The number of aromatic amines is 1. The third kappa shape index (κ3) is 1.13. The SMILES string of the molecule is NC(=O)c1nc2[nH]c[c]c2c(F)c1Cl. The van der Waals surface area contributed by atoms with E-state index in [0.29, 0.717) is 0 Å². The van der Waals surface area contributed by atoms with Crippen LogP contribution in [0, 0.1) is 11.9 Å². The number of nitrogens with one attached hydrogen (secondary N) is 1. The Labute approximate surface area is 82.9 Å². The van der Waals surface area contributed by atoms with Crippen LogP contribution in [-0.4, -0.2) is 15.9 Å². The Kier molecular flexibility index (Phi) is 1.89. The number of rotatable bonds is 1. The summed E-state index contributed by atoms with van der Waals surface area (Å²) in [4.78, 5) is 17.2. The van der Waals surface area contributed by atoms with Gasteiger partial charge >= 0.3 is 0 Å².